The van der Waals surface area contributed by atoms with Crippen LogP contribution in [-0.2, 0) is 24.1 Å². The molecule has 0 aliphatic carbocycles. The van der Waals surface area contributed by atoms with Gasteiger partial charge in [0.05, 0.1) is 6.54 Å². The number of nitrogens with two attached hydrogens (primary N) is 1. The monoisotopic (exact) mass is 461 g/mol. The van der Waals surface area contributed by atoms with E-state index in [2.05, 4.69) is 16.8 Å². The molecule has 2 unspecified atom stereocenters. The van der Waals surface area contributed by atoms with Crippen LogP contribution in [-0.4, -0.2) is 38.2 Å². The second-order valence-corrected chi connectivity index (χ2v) is 7.59. The van der Waals surface area contributed by atoms with E-state index in [1.165, 1.54) is 4.90 Å². The van der Waals surface area contributed by atoms with Crippen LogP contribution in [0.25, 0.3) is 0 Å². The van der Waals surface area contributed by atoms with Crippen molar-refractivity contribution in [3.63, 3.8) is 0 Å². The van der Waals surface area contributed by atoms with Gasteiger partial charge in [0.15, 0.2) is 17.5 Å². The van der Waals surface area contributed by atoms with E-state index in [0.717, 1.165) is 10.6 Å². The number of carbonyl (C=O) groups excluding carboxylic acids is 1. The van der Waals surface area contributed by atoms with Crippen LogP contribution in [0.15, 0.2) is 24.3 Å². The number of alkyl halides is 3. The Morgan fingerprint density at radius 1 is 1.16 bits per heavy atom. The number of carbonyl (C=O) groups is 1. The van der Waals surface area contributed by atoms with Crippen LogP contribution in [0.2, 0.25) is 0 Å². The summed E-state index contributed by atoms with van der Waals surface area (Å²) in [5, 5.41) is 6.68. The number of amides is 1. The number of rotatable bonds is 6. The normalized spacial score (nSPS) is 15.9. The van der Waals surface area contributed by atoms with Crippen molar-refractivity contribution in [3.8, 4) is 0 Å². The Morgan fingerprint density at radius 2 is 1.81 bits per heavy atom. The van der Waals surface area contributed by atoms with Gasteiger partial charge in [-0.1, -0.05) is 13.5 Å². The van der Waals surface area contributed by atoms with Gasteiger partial charge in [0.25, 0.3) is 0 Å². The largest absolute Gasteiger partial charge is 0.451 e. The highest BCUT2D eigenvalue weighted by Crippen LogP contribution is 2.31. The lowest BCUT2D eigenvalue weighted by atomic mass is 9.85. The highest BCUT2D eigenvalue weighted by Gasteiger charge is 2.40. The molecule has 0 bridgehead atoms. The first-order valence-electron chi connectivity index (χ1n) is 9.80. The number of hydrogen-bond acceptors (Lipinski definition) is 4. The molecule has 0 fully saturated rings. The van der Waals surface area contributed by atoms with Crippen molar-refractivity contribution in [1.29, 1.82) is 0 Å². The summed E-state index contributed by atoms with van der Waals surface area (Å²) in [5.74, 6) is -5.86. The van der Waals surface area contributed by atoms with Crippen molar-refractivity contribution in [3.05, 3.63) is 58.9 Å². The van der Waals surface area contributed by atoms with Crippen molar-refractivity contribution in [1.82, 2.24) is 19.7 Å². The summed E-state index contributed by atoms with van der Waals surface area (Å²) in [4.78, 5) is 14.0. The average molecular weight is 461 g/mol. The molecule has 1 aromatic heterocycles. The molecule has 1 amide bonds. The minimum absolute atomic E-state index is 0.00989. The van der Waals surface area contributed by atoms with Crippen LogP contribution >= 0.6 is 0 Å². The van der Waals surface area contributed by atoms with Gasteiger partial charge in [-0.15, -0.1) is 10.2 Å². The molecule has 0 spiro atoms. The lowest BCUT2D eigenvalue weighted by Gasteiger charge is -2.30. The third-order valence-electron chi connectivity index (χ3n) is 5.47. The molecule has 6 nitrogen and oxygen atoms in total. The molecule has 2 atom stereocenters. The smallest absolute Gasteiger partial charge is 0.330 e. The molecule has 174 valence electrons. The van der Waals surface area contributed by atoms with Crippen LogP contribution in [0.4, 0.5) is 26.3 Å². The van der Waals surface area contributed by atoms with Gasteiger partial charge >= 0.3 is 6.18 Å². The number of halogens is 6. The second-order valence-electron chi connectivity index (χ2n) is 7.59. The Kier molecular flexibility index (Phi) is 6.63. The summed E-state index contributed by atoms with van der Waals surface area (Å²) in [6.45, 7) is 5.05. The topological polar surface area (TPSA) is 77.0 Å². The zero-order chi connectivity index (χ0) is 23.8. The molecule has 1 aromatic carbocycles. The fourth-order valence-corrected chi connectivity index (χ4v) is 3.85. The van der Waals surface area contributed by atoms with E-state index in [1.807, 2.05) is 0 Å². The molecular formula is C20H21F6N5O. The quantitative estimate of drug-likeness (QED) is 0.406. The molecule has 0 saturated heterocycles. The Bertz CT molecular complexity index is 1030. The van der Waals surface area contributed by atoms with E-state index in [4.69, 9.17) is 5.73 Å². The minimum Gasteiger partial charge on any atom is -0.330 e. The molecule has 2 heterocycles. The summed E-state index contributed by atoms with van der Waals surface area (Å²) in [6, 6.07) is 0.360. The number of hydrogen-bond donors (Lipinski definition) is 1. The van der Waals surface area contributed by atoms with Gasteiger partial charge in [-0.25, -0.2) is 13.2 Å². The first-order chi connectivity index (χ1) is 14.9. The van der Waals surface area contributed by atoms with E-state index in [0.29, 0.717) is 6.07 Å². The average Bonchev–Trinajstić information content (AvgIpc) is 3.15. The molecule has 0 saturated carbocycles. The van der Waals surface area contributed by atoms with Crippen LogP contribution in [0.1, 0.15) is 42.9 Å². The van der Waals surface area contributed by atoms with Crippen LogP contribution in [0.5, 0.6) is 0 Å². The maximum Gasteiger partial charge on any atom is 0.451 e. The lowest BCUT2D eigenvalue weighted by molar-refractivity contribution is -0.148. The molecule has 1 aliphatic heterocycles. The molecule has 2 N–H and O–H groups in total. The predicted molar refractivity (Wildman–Crippen MR) is 102 cm³/mol. The maximum atomic E-state index is 14.2. The van der Waals surface area contributed by atoms with Gasteiger partial charge in [-0.3, -0.25) is 4.79 Å². The first-order valence-corrected chi connectivity index (χ1v) is 9.80. The third-order valence-corrected chi connectivity index (χ3v) is 5.47. The summed E-state index contributed by atoms with van der Waals surface area (Å²) in [7, 11) is 0. The number of benzene rings is 1. The standard InChI is InChI=1S/C20H21F6N5O/c1-3-11(12-7-14(22)15(23)8-13(12)21)16(27)6-10(2)18(32)30-4-5-31-17(9-30)28-29-19(31)20(24,25)26/h7-8,11,16H,2-6,9,27H2,1H3. The molecular weight excluding hydrogens is 440 g/mol. The van der Waals surface area contributed by atoms with Gasteiger partial charge in [0.2, 0.25) is 11.7 Å². The van der Waals surface area contributed by atoms with E-state index >= 15 is 0 Å². The summed E-state index contributed by atoms with van der Waals surface area (Å²) in [6.07, 6.45) is -4.44. The Morgan fingerprint density at radius 3 is 2.44 bits per heavy atom. The third kappa shape index (κ3) is 4.64. The molecule has 32 heavy (non-hydrogen) atoms. The highest BCUT2D eigenvalue weighted by molar-refractivity contribution is 5.92. The van der Waals surface area contributed by atoms with Gasteiger partial charge in [-0.05, 0) is 24.5 Å². The van der Waals surface area contributed by atoms with Crippen molar-refractivity contribution in [2.45, 2.75) is 51.0 Å². The minimum atomic E-state index is -4.65. The van der Waals surface area contributed by atoms with Gasteiger partial charge in [-0.2, -0.15) is 13.2 Å². The summed E-state index contributed by atoms with van der Waals surface area (Å²) >= 11 is 0. The fraction of sp³-hybridized carbons (Fsp3) is 0.450. The van der Waals surface area contributed by atoms with Crippen LogP contribution in [0.3, 0.4) is 0 Å². The Balaban J connectivity index is 1.69. The Labute approximate surface area is 179 Å². The van der Waals surface area contributed by atoms with Crippen LogP contribution in [0, 0.1) is 17.5 Å². The van der Waals surface area contributed by atoms with Crippen molar-refractivity contribution >= 4 is 5.91 Å². The molecule has 2 aromatic rings. The van der Waals surface area contributed by atoms with Gasteiger partial charge in [0.1, 0.15) is 5.82 Å². The first kappa shape index (κ1) is 23.8. The molecule has 12 heteroatoms. The SMILES string of the molecule is C=C(CC(N)C(CC)c1cc(F)c(F)cc1F)C(=O)N1CCn2c(nnc2C(F)(F)F)C1. The highest BCUT2D eigenvalue weighted by atomic mass is 19.4. The van der Waals surface area contributed by atoms with E-state index in [1.54, 1.807) is 6.92 Å². The van der Waals surface area contributed by atoms with Crippen molar-refractivity contribution in [2.75, 3.05) is 6.54 Å². The zero-order valence-corrected chi connectivity index (χ0v) is 17.1. The predicted octanol–water partition coefficient (Wildman–Crippen LogP) is 3.52. The fourth-order valence-electron chi connectivity index (χ4n) is 3.85. The van der Waals surface area contributed by atoms with Gasteiger partial charge < -0.3 is 15.2 Å². The van der Waals surface area contributed by atoms with E-state index < -0.39 is 47.3 Å². The van der Waals surface area contributed by atoms with Crippen molar-refractivity contribution < 1.29 is 31.1 Å². The van der Waals surface area contributed by atoms with E-state index in [9.17, 15) is 31.1 Å². The summed E-state index contributed by atoms with van der Waals surface area (Å²) in [5.41, 5.74) is 6.10. The number of nitrogens with zero attached hydrogens (tertiary/aromatic N) is 4. The number of fused-ring (bicyclic) bond motifs is 1. The summed E-state index contributed by atoms with van der Waals surface area (Å²) < 4.78 is 80.8. The van der Waals surface area contributed by atoms with E-state index in [-0.39, 0.29) is 49.4 Å². The zero-order valence-electron chi connectivity index (χ0n) is 17.1. The van der Waals surface area contributed by atoms with Crippen molar-refractivity contribution in [2.24, 2.45) is 5.73 Å². The molecule has 0 radical (unpaired) electrons. The molecule has 3 rings (SSSR count). The van der Waals surface area contributed by atoms with Crippen LogP contribution < -0.4 is 5.73 Å². The molecule has 1 aliphatic rings. The van der Waals surface area contributed by atoms with Gasteiger partial charge in [0, 0.05) is 36.7 Å². The second kappa shape index (κ2) is 8.93. The number of aromatic nitrogens is 3. The maximum absolute atomic E-state index is 14.2. The lowest BCUT2D eigenvalue weighted by Crippen LogP contribution is -2.41. The Hall–Kier alpha value is -2.89.